The van der Waals surface area contributed by atoms with E-state index in [4.69, 9.17) is 4.74 Å². The Bertz CT molecular complexity index is 701. The van der Waals surface area contributed by atoms with Crippen molar-refractivity contribution in [1.29, 1.82) is 0 Å². The van der Waals surface area contributed by atoms with E-state index in [1.165, 1.54) is 7.11 Å². The van der Waals surface area contributed by atoms with Crippen LogP contribution < -0.4 is 0 Å². The zero-order chi connectivity index (χ0) is 14.1. The van der Waals surface area contributed by atoms with Gasteiger partial charge in [-0.1, -0.05) is 42.5 Å². The molecule has 2 aromatic rings. The molecule has 0 amide bonds. The molecule has 20 heavy (non-hydrogen) atoms. The van der Waals surface area contributed by atoms with Gasteiger partial charge < -0.3 is 9.84 Å². The van der Waals surface area contributed by atoms with Crippen molar-refractivity contribution in [2.24, 2.45) is 0 Å². The molecule has 1 unspecified atom stereocenters. The van der Waals surface area contributed by atoms with Crippen molar-refractivity contribution in [2.45, 2.75) is 6.10 Å². The third-order valence-corrected chi connectivity index (χ3v) is 3.54. The molecule has 0 radical (unpaired) electrons. The lowest BCUT2D eigenvalue weighted by Crippen LogP contribution is -2.06. The van der Waals surface area contributed by atoms with E-state index in [0.717, 1.165) is 16.7 Å². The second kappa shape index (κ2) is 4.94. The Hall–Kier alpha value is -2.39. The average Bonchev–Trinajstić information content (AvgIpc) is 2.64. The number of carbonyl (C=O) groups excluding carboxylic acids is 1. The van der Waals surface area contributed by atoms with Crippen LogP contribution in [0.4, 0.5) is 0 Å². The topological polar surface area (TPSA) is 46.5 Å². The predicted octanol–water partition coefficient (Wildman–Crippen LogP) is 3.04. The maximum Gasteiger partial charge on any atom is 0.337 e. The lowest BCUT2D eigenvalue weighted by atomic mass is 9.95. The number of methoxy groups -OCH3 is 1. The van der Waals surface area contributed by atoms with E-state index >= 15 is 0 Å². The number of hydrogen-bond donors (Lipinski definition) is 1. The van der Waals surface area contributed by atoms with Crippen molar-refractivity contribution in [2.75, 3.05) is 7.11 Å². The molecule has 0 heterocycles. The molecular weight excluding hydrogens is 252 g/mol. The van der Waals surface area contributed by atoms with E-state index < -0.39 is 12.1 Å². The summed E-state index contributed by atoms with van der Waals surface area (Å²) in [6.07, 6.45) is 3.18. The molecule has 0 saturated carbocycles. The number of esters is 1. The molecule has 0 fully saturated rings. The smallest absolute Gasteiger partial charge is 0.337 e. The highest BCUT2D eigenvalue weighted by molar-refractivity contribution is 5.90. The standard InChI is InChI=1S/C17H14O3/c1-20-17(19)13-9-8-12-7-6-11-4-2-3-5-14(11)16(18)15(12)10-13/h2-10,16,18H,1H3. The molecule has 3 heteroatoms. The Labute approximate surface area is 117 Å². The molecule has 1 aliphatic rings. The average molecular weight is 266 g/mol. The van der Waals surface area contributed by atoms with Gasteiger partial charge in [0.05, 0.1) is 12.7 Å². The Morgan fingerprint density at radius 2 is 1.75 bits per heavy atom. The molecule has 3 rings (SSSR count). The van der Waals surface area contributed by atoms with Crippen molar-refractivity contribution in [3.8, 4) is 0 Å². The largest absolute Gasteiger partial charge is 0.465 e. The van der Waals surface area contributed by atoms with Gasteiger partial charge in [-0.15, -0.1) is 0 Å². The Kier molecular flexibility index (Phi) is 3.12. The van der Waals surface area contributed by atoms with Crippen LogP contribution in [0.5, 0.6) is 0 Å². The molecule has 2 aromatic carbocycles. The highest BCUT2D eigenvalue weighted by Gasteiger charge is 2.20. The van der Waals surface area contributed by atoms with E-state index in [9.17, 15) is 9.90 Å². The maximum atomic E-state index is 11.6. The number of aliphatic hydroxyl groups excluding tert-OH is 1. The van der Waals surface area contributed by atoms with Crippen LogP contribution in [0.3, 0.4) is 0 Å². The van der Waals surface area contributed by atoms with Crippen LogP contribution >= 0.6 is 0 Å². The third kappa shape index (κ3) is 2.02. The fourth-order valence-corrected chi connectivity index (χ4v) is 2.47. The van der Waals surface area contributed by atoms with E-state index in [-0.39, 0.29) is 0 Å². The van der Waals surface area contributed by atoms with Crippen LogP contribution in [0.25, 0.3) is 12.2 Å². The van der Waals surface area contributed by atoms with Crippen LogP contribution in [0, 0.1) is 0 Å². The number of hydrogen-bond acceptors (Lipinski definition) is 3. The van der Waals surface area contributed by atoms with Gasteiger partial charge in [0, 0.05) is 0 Å². The summed E-state index contributed by atoms with van der Waals surface area (Å²) >= 11 is 0. The highest BCUT2D eigenvalue weighted by atomic mass is 16.5. The SMILES string of the molecule is COC(=O)c1ccc2c(c1)C(O)c1ccccc1C=C2. The monoisotopic (exact) mass is 266 g/mol. The van der Waals surface area contributed by atoms with Gasteiger partial charge in [0.2, 0.25) is 0 Å². The van der Waals surface area contributed by atoms with Crippen molar-refractivity contribution < 1.29 is 14.6 Å². The second-order valence-electron chi connectivity index (χ2n) is 4.70. The number of aliphatic hydroxyl groups is 1. The summed E-state index contributed by atoms with van der Waals surface area (Å²) in [4.78, 5) is 11.6. The zero-order valence-electron chi connectivity index (χ0n) is 11.0. The first-order valence-corrected chi connectivity index (χ1v) is 6.38. The van der Waals surface area contributed by atoms with E-state index in [0.29, 0.717) is 11.1 Å². The summed E-state index contributed by atoms with van der Waals surface area (Å²) in [5.41, 5.74) is 3.88. The van der Waals surface area contributed by atoms with Gasteiger partial charge in [-0.3, -0.25) is 0 Å². The number of ether oxygens (including phenoxy) is 1. The molecule has 1 aliphatic carbocycles. The highest BCUT2D eigenvalue weighted by Crippen LogP contribution is 2.33. The van der Waals surface area contributed by atoms with Crippen molar-refractivity contribution in [3.63, 3.8) is 0 Å². The summed E-state index contributed by atoms with van der Waals surface area (Å²) in [5, 5.41) is 10.6. The van der Waals surface area contributed by atoms with Crippen LogP contribution in [0.15, 0.2) is 42.5 Å². The summed E-state index contributed by atoms with van der Waals surface area (Å²) < 4.78 is 4.72. The number of carbonyl (C=O) groups is 1. The molecule has 0 saturated heterocycles. The second-order valence-corrected chi connectivity index (χ2v) is 4.70. The lowest BCUT2D eigenvalue weighted by Gasteiger charge is -2.15. The lowest BCUT2D eigenvalue weighted by molar-refractivity contribution is 0.0600. The third-order valence-electron chi connectivity index (χ3n) is 3.54. The Morgan fingerprint density at radius 3 is 2.50 bits per heavy atom. The number of benzene rings is 2. The fraction of sp³-hybridized carbons (Fsp3) is 0.118. The first-order chi connectivity index (χ1) is 9.70. The zero-order valence-corrected chi connectivity index (χ0v) is 11.0. The normalized spacial score (nSPS) is 16.0. The Morgan fingerprint density at radius 1 is 1.05 bits per heavy atom. The summed E-state index contributed by atoms with van der Waals surface area (Å²) in [6, 6.07) is 12.9. The Balaban J connectivity index is 2.15. The van der Waals surface area contributed by atoms with Gasteiger partial charge in [-0.05, 0) is 34.4 Å². The van der Waals surface area contributed by atoms with Crippen LogP contribution in [0.2, 0.25) is 0 Å². The molecule has 0 aromatic heterocycles. The molecule has 0 aliphatic heterocycles. The summed E-state index contributed by atoms with van der Waals surface area (Å²) in [5.74, 6) is -0.401. The first kappa shape index (κ1) is 12.6. The van der Waals surface area contributed by atoms with E-state index in [1.54, 1.807) is 12.1 Å². The summed E-state index contributed by atoms with van der Waals surface area (Å²) in [6.45, 7) is 0. The van der Waals surface area contributed by atoms with Crippen LogP contribution in [0.1, 0.15) is 38.7 Å². The quantitative estimate of drug-likeness (QED) is 0.807. The molecule has 1 N–H and O–H groups in total. The van der Waals surface area contributed by atoms with Gasteiger partial charge in [-0.25, -0.2) is 4.79 Å². The molecule has 1 atom stereocenters. The van der Waals surface area contributed by atoms with Gasteiger partial charge >= 0.3 is 5.97 Å². The van der Waals surface area contributed by atoms with Crippen molar-refractivity contribution in [3.05, 3.63) is 70.3 Å². The van der Waals surface area contributed by atoms with Gasteiger partial charge in [0.1, 0.15) is 6.10 Å². The minimum Gasteiger partial charge on any atom is -0.465 e. The first-order valence-electron chi connectivity index (χ1n) is 6.38. The van der Waals surface area contributed by atoms with Gasteiger partial charge in [0.25, 0.3) is 0 Å². The molecule has 0 bridgehead atoms. The molecule has 100 valence electrons. The van der Waals surface area contributed by atoms with Crippen molar-refractivity contribution in [1.82, 2.24) is 0 Å². The molecule has 3 nitrogen and oxygen atoms in total. The minimum atomic E-state index is -0.749. The minimum absolute atomic E-state index is 0.401. The van der Waals surface area contributed by atoms with Crippen LogP contribution in [-0.2, 0) is 4.74 Å². The van der Waals surface area contributed by atoms with Gasteiger partial charge in [0.15, 0.2) is 0 Å². The van der Waals surface area contributed by atoms with Gasteiger partial charge in [-0.2, -0.15) is 0 Å². The molecule has 0 spiro atoms. The number of fused-ring (bicyclic) bond motifs is 2. The fourth-order valence-electron chi connectivity index (χ4n) is 2.47. The van der Waals surface area contributed by atoms with E-state index in [2.05, 4.69) is 0 Å². The van der Waals surface area contributed by atoms with Crippen LogP contribution in [-0.4, -0.2) is 18.2 Å². The van der Waals surface area contributed by atoms with Crippen molar-refractivity contribution >= 4 is 18.1 Å². The molecular formula is C17H14O3. The summed E-state index contributed by atoms with van der Waals surface area (Å²) in [7, 11) is 1.35. The number of rotatable bonds is 1. The maximum absolute atomic E-state index is 11.6. The predicted molar refractivity (Wildman–Crippen MR) is 77.2 cm³/mol. The van der Waals surface area contributed by atoms with E-state index in [1.807, 2.05) is 42.5 Å².